The van der Waals surface area contributed by atoms with Gasteiger partial charge in [0.15, 0.2) is 0 Å². The van der Waals surface area contributed by atoms with Crippen LogP contribution in [-0.2, 0) is 11.3 Å². The lowest BCUT2D eigenvalue weighted by molar-refractivity contribution is 0.00352. The molecule has 0 aliphatic carbocycles. The van der Waals surface area contributed by atoms with E-state index in [0.717, 1.165) is 18.7 Å². The fourth-order valence-corrected chi connectivity index (χ4v) is 2.54. The number of carbonyl (C=O) groups excluding carboxylic acids is 1. The van der Waals surface area contributed by atoms with Crippen LogP contribution in [0.5, 0.6) is 0 Å². The van der Waals surface area contributed by atoms with Gasteiger partial charge in [-0.3, -0.25) is 9.88 Å². The Kier molecular flexibility index (Phi) is 5.37. The number of nitrogens with zero attached hydrogens (tertiary/aromatic N) is 3. The number of amides is 1. The summed E-state index contributed by atoms with van der Waals surface area (Å²) in [6.45, 7) is 9.00. The number of pyridine rings is 1. The predicted octanol–water partition coefficient (Wildman–Crippen LogP) is 1.46. The smallest absolute Gasteiger partial charge is 0.410 e. The molecule has 1 aliphatic rings. The minimum atomic E-state index is -0.470. The summed E-state index contributed by atoms with van der Waals surface area (Å²) in [5, 5.41) is 0. The van der Waals surface area contributed by atoms with E-state index in [1.165, 1.54) is 0 Å². The lowest BCUT2D eigenvalue weighted by atomic mass is 10.1. The van der Waals surface area contributed by atoms with Crippen molar-refractivity contribution in [1.29, 1.82) is 0 Å². The molecule has 2 N–H and O–H groups in total. The standard InChI is InChI=1S/C16H26N4O2/c1-16(2,3)22-15(21)20-8-7-19(14(9-17)12-20)11-13-5-4-6-18-10-13/h4-6,10,14H,7-9,11-12,17H2,1-3H3. The maximum absolute atomic E-state index is 12.2. The highest BCUT2D eigenvalue weighted by Crippen LogP contribution is 2.16. The minimum Gasteiger partial charge on any atom is -0.444 e. The molecule has 1 atom stereocenters. The summed E-state index contributed by atoms with van der Waals surface area (Å²) in [5.41, 5.74) is 6.59. The molecule has 0 aromatic carbocycles. The van der Waals surface area contributed by atoms with Crippen molar-refractivity contribution in [3.05, 3.63) is 30.1 Å². The number of nitrogens with two attached hydrogens (primary N) is 1. The van der Waals surface area contributed by atoms with E-state index in [2.05, 4.69) is 16.0 Å². The predicted molar refractivity (Wildman–Crippen MR) is 85.3 cm³/mol. The van der Waals surface area contributed by atoms with Crippen molar-refractivity contribution in [1.82, 2.24) is 14.8 Å². The van der Waals surface area contributed by atoms with Crippen molar-refractivity contribution in [2.45, 2.75) is 39.0 Å². The Balaban J connectivity index is 1.95. The zero-order valence-corrected chi connectivity index (χ0v) is 13.7. The van der Waals surface area contributed by atoms with Gasteiger partial charge >= 0.3 is 6.09 Å². The van der Waals surface area contributed by atoms with Crippen molar-refractivity contribution in [3.8, 4) is 0 Å². The molecule has 1 fully saturated rings. The van der Waals surface area contributed by atoms with E-state index in [1.807, 2.05) is 33.0 Å². The average molecular weight is 306 g/mol. The molecule has 1 saturated heterocycles. The number of hydrogen-bond donors (Lipinski definition) is 1. The molecule has 1 aromatic rings. The second kappa shape index (κ2) is 7.07. The van der Waals surface area contributed by atoms with Crippen molar-refractivity contribution >= 4 is 6.09 Å². The Bertz CT molecular complexity index is 487. The number of aromatic nitrogens is 1. The van der Waals surface area contributed by atoms with Gasteiger partial charge < -0.3 is 15.4 Å². The molecule has 0 spiro atoms. The summed E-state index contributed by atoms with van der Waals surface area (Å²) in [7, 11) is 0. The van der Waals surface area contributed by atoms with Crippen LogP contribution in [0.1, 0.15) is 26.3 Å². The molecule has 2 rings (SSSR count). The average Bonchev–Trinajstić information content (AvgIpc) is 2.47. The molecular formula is C16H26N4O2. The topological polar surface area (TPSA) is 71.7 Å². The van der Waals surface area contributed by atoms with Crippen molar-refractivity contribution in [2.24, 2.45) is 5.73 Å². The van der Waals surface area contributed by atoms with Crippen molar-refractivity contribution < 1.29 is 9.53 Å². The van der Waals surface area contributed by atoms with Crippen LogP contribution in [-0.4, -0.2) is 58.7 Å². The largest absolute Gasteiger partial charge is 0.444 e. The van der Waals surface area contributed by atoms with Gasteiger partial charge in [-0.15, -0.1) is 0 Å². The van der Waals surface area contributed by atoms with Gasteiger partial charge in [-0.25, -0.2) is 4.79 Å². The van der Waals surface area contributed by atoms with Crippen LogP contribution in [0, 0.1) is 0 Å². The van der Waals surface area contributed by atoms with Gasteiger partial charge in [0.05, 0.1) is 0 Å². The summed E-state index contributed by atoms with van der Waals surface area (Å²) in [4.78, 5) is 20.4. The second-order valence-corrected chi connectivity index (χ2v) is 6.65. The second-order valence-electron chi connectivity index (χ2n) is 6.65. The molecule has 1 aliphatic heterocycles. The highest BCUT2D eigenvalue weighted by atomic mass is 16.6. The molecule has 122 valence electrons. The Morgan fingerprint density at radius 2 is 2.23 bits per heavy atom. The Hall–Kier alpha value is -1.66. The summed E-state index contributed by atoms with van der Waals surface area (Å²) in [6, 6.07) is 4.13. The summed E-state index contributed by atoms with van der Waals surface area (Å²) in [5.74, 6) is 0. The molecule has 2 heterocycles. The molecule has 6 nitrogen and oxygen atoms in total. The van der Waals surface area contributed by atoms with Gasteiger partial charge in [0.25, 0.3) is 0 Å². The number of hydrogen-bond acceptors (Lipinski definition) is 5. The first-order valence-corrected chi connectivity index (χ1v) is 7.70. The molecule has 0 saturated carbocycles. The zero-order valence-electron chi connectivity index (χ0n) is 13.7. The fraction of sp³-hybridized carbons (Fsp3) is 0.625. The SMILES string of the molecule is CC(C)(C)OC(=O)N1CCN(Cc2cccnc2)C(CN)C1. The highest BCUT2D eigenvalue weighted by Gasteiger charge is 2.31. The third kappa shape index (κ3) is 4.68. The minimum absolute atomic E-state index is 0.140. The molecule has 0 bridgehead atoms. The third-order valence-electron chi connectivity index (χ3n) is 3.64. The summed E-state index contributed by atoms with van der Waals surface area (Å²) >= 11 is 0. The first-order valence-electron chi connectivity index (χ1n) is 7.70. The Morgan fingerprint density at radius 3 is 2.82 bits per heavy atom. The number of piperazine rings is 1. The van der Waals surface area contributed by atoms with E-state index in [4.69, 9.17) is 10.5 Å². The van der Waals surface area contributed by atoms with E-state index in [0.29, 0.717) is 19.6 Å². The lowest BCUT2D eigenvalue weighted by Crippen LogP contribution is -2.57. The van der Waals surface area contributed by atoms with Crippen molar-refractivity contribution in [3.63, 3.8) is 0 Å². The lowest BCUT2D eigenvalue weighted by Gasteiger charge is -2.41. The Morgan fingerprint density at radius 1 is 1.45 bits per heavy atom. The maximum Gasteiger partial charge on any atom is 0.410 e. The zero-order chi connectivity index (χ0) is 16.2. The van der Waals surface area contributed by atoms with Gasteiger partial charge in [0, 0.05) is 51.2 Å². The summed E-state index contributed by atoms with van der Waals surface area (Å²) < 4.78 is 5.44. The van der Waals surface area contributed by atoms with Crippen LogP contribution in [0.15, 0.2) is 24.5 Å². The molecule has 1 amide bonds. The van der Waals surface area contributed by atoms with E-state index < -0.39 is 5.60 Å². The third-order valence-corrected chi connectivity index (χ3v) is 3.64. The molecule has 1 aromatic heterocycles. The van der Waals surface area contributed by atoms with Crippen LogP contribution < -0.4 is 5.73 Å². The molecular weight excluding hydrogens is 280 g/mol. The molecule has 6 heteroatoms. The van der Waals surface area contributed by atoms with Gasteiger partial charge in [0.2, 0.25) is 0 Å². The highest BCUT2D eigenvalue weighted by molar-refractivity contribution is 5.68. The maximum atomic E-state index is 12.2. The van der Waals surface area contributed by atoms with Crippen LogP contribution in [0.2, 0.25) is 0 Å². The van der Waals surface area contributed by atoms with Crippen LogP contribution in [0.4, 0.5) is 4.79 Å². The van der Waals surface area contributed by atoms with E-state index in [-0.39, 0.29) is 12.1 Å². The van der Waals surface area contributed by atoms with Gasteiger partial charge in [-0.05, 0) is 32.4 Å². The number of carbonyl (C=O) groups is 1. The van der Waals surface area contributed by atoms with Gasteiger partial charge in [-0.2, -0.15) is 0 Å². The summed E-state index contributed by atoms with van der Waals surface area (Å²) in [6.07, 6.45) is 3.38. The normalized spacial score (nSPS) is 20.0. The first-order chi connectivity index (χ1) is 10.4. The van der Waals surface area contributed by atoms with E-state index in [9.17, 15) is 4.79 Å². The Labute approximate surface area is 132 Å². The molecule has 0 radical (unpaired) electrons. The van der Waals surface area contributed by atoms with Crippen molar-refractivity contribution in [2.75, 3.05) is 26.2 Å². The first kappa shape index (κ1) is 16.7. The molecule has 1 unspecified atom stereocenters. The molecule has 22 heavy (non-hydrogen) atoms. The van der Waals surface area contributed by atoms with E-state index >= 15 is 0 Å². The van der Waals surface area contributed by atoms with Crippen LogP contribution in [0.25, 0.3) is 0 Å². The number of rotatable bonds is 3. The quantitative estimate of drug-likeness (QED) is 0.915. The number of ether oxygens (including phenoxy) is 1. The monoisotopic (exact) mass is 306 g/mol. The van der Waals surface area contributed by atoms with Crippen LogP contribution in [0.3, 0.4) is 0 Å². The fourth-order valence-electron chi connectivity index (χ4n) is 2.54. The van der Waals surface area contributed by atoms with Crippen LogP contribution >= 0.6 is 0 Å². The van der Waals surface area contributed by atoms with E-state index in [1.54, 1.807) is 11.1 Å². The van der Waals surface area contributed by atoms with Gasteiger partial charge in [-0.1, -0.05) is 6.07 Å². The van der Waals surface area contributed by atoms with Gasteiger partial charge in [0.1, 0.15) is 5.60 Å².